The smallest absolute Gasteiger partial charge is 0.144 e. The highest BCUT2D eigenvalue weighted by Crippen LogP contribution is 2.34. The first-order valence-corrected chi connectivity index (χ1v) is 4.53. The lowest BCUT2D eigenvalue weighted by atomic mass is 9.80. The van der Waals surface area contributed by atoms with Crippen molar-refractivity contribution < 1.29 is 4.39 Å². The first kappa shape index (κ1) is 10.2. The number of nitrogens with zero attached hydrogens (tertiary/aromatic N) is 1. The average Bonchev–Trinajstić information content (AvgIpc) is 2.02. The van der Waals surface area contributed by atoms with E-state index in [4.69, 9.17) is 0 Å². The van der Waals surface area contributed by atoms with E-state index < -0.39 is 0 Å². The molecule has 0 bridgehead atoms. The van der Waals surface area contributed by atoms with E-state index in [0.717, 1.165) is 0 Å². The SMILES string of the molecule is CC(c1ncccc1F)C(C)(C)C. The Balaban J connectivity index is 3.02. The molecule has 1 unspecified atom stereocenters. The molecule has 1 rings (SSSR count). The molecule has 1 nitrogen and oxygen atoms in total. The normalized spacial score (nSPS) is 14.2. The first-order valence-electron chi connectivity index (χ1n) is 4.53. The third kappa shape index (κ3) is 2.27. The Morgan fingerprint density at radius 2 is 2.00 bits per heavy atom. The van der Waals surface area contributed by atoms with Crippen LogP contribution in [-0.4, -0.2) is 4.98 Å². The molecule has 0 amide bonds. The van der Waals surface area contributed by atoms with Crippen LogP contribution in [0.4, 0.5) is 4.39 Å². The van der Waals surface area contributed by atoms with Gasteiger partial charge in [0.05, 0.1) is 5.69 Å². The summed E-state index contributed by atoms with van der Waals surface area (Å²) in [6.07, 6.45) is 1.64. The average molecular weight is 181 g/mol. The minimum atomic E-state index is -0.204. The van der Waals surface area contributed by atoms with Gasteiger partial charge in [-0.25, -0.2) is 4.39 Å². The molecule has 13 heavy (non-hydrogen) atoms. The molecule has 0 aliphatic heterocycles. The van der Waals surface area contributed by atoms with Crippen molar-refractivity contribution in [1.82, 2.24) is 4.98 Å². The van der Waals surface area contributed by atoms with Crippen molar-refractivity contribution in [3.8, 4) is 0 Å². The molecule has 1 aromatic heterocycles. The van der Waals surface area contributed by atoms with Crippen molar-refractivity contribution in [2.75, 3.05) is 0 Å². The second-order valence-corrected chi connectivity index (χ2v) is 4.46. The van der Waals surface area contributed by atoms with E-state index in [1.807, 2.05) is 6.92 Å². The molecule has 0 saturated carbocycles. The maximum atomic E-state index is 13.3. The highest BCUT2D eigenvalue weighted by Gasteiger charge is 2.24. The fraction of sp³-hybridized carbons (Fsp3) is 0.545. The highest BCUT2D eigenvalue weighted by molar-refractivity contribution is 5.13. The standard InChI is InChI=1S/C11H16FN/c1-8(11(2,3)4)10-9(12)6-5-7-13-10/h5-8H,1-4H3. The van der Waals surface area contributed by atoms with Crippen LogP contribution >= 0.6 is 0 Å². The summed E-state index contributed by atoms with van der Waals surface area (Å²) in [6, 6.07) is 3.08. The molecule has 1 heterocycles. The fourth-order valence-electron chi connectivity index (χ4n) is 1.13. The van der Waals surface area contributed by atoms with Gasteiger partial charge in [-0.1, -0.05) is 27.7 Å². The topological polar surface area (TPSA) is 12.9 Å². The van der Waals surface area contributed by atoms with Crippen molar-refractivity contribution >= 4 is 0 Å². The Bertz CT molecular complexity index is 288. The Morgan fingerprint density at radius 1 is 1.38 bits per heavy atom. The van der Waals surface area contributed by atoms with Crippen LogP contribution in [0.25, 0.3) is 0 Å². The van der Waals surface area contributed by atoms with Gasteiger partial charge in [0.1, 0.15) is 5.82 Å². The summed E-state index contributed by atoms with van der Waals surface area (Å²) in [5.74, 6) is -0.0707. The van der Waals surface area contributed by atoms with Crippen molar-refractivity contribution in [1.29, 1.82) is 0 Å². The van der Waals surface area contributed by atoms with Crippen molar-refractivity contribution in [2.45, 2.75) is 33.6 Å². The van der Waals surface area contributed by atoms with Gasteiger partial charge < -0.3 is 0 Å². The van der Waals surface area contributed by atoms with Gasteiger partial charge >= 0.3 is 0 Å². The van der Waals surface area contributed by atoms with Gasteiger partial charge in [-0.15, -0.1) is 0 Å². The van der Waals surface area contributed by atoms with Gasteiger partial charge in [-0.2, -0.15) is 0 Å². The van der Waals surface area contributed by atoms with Crippen molar-refractivity contribution in [3.05, 3.63) is 29.8 Å². The van der Waals surface area contributed by atoms with Gasteiger partial charge in [-0.05, 0) is 17.5 Å². The van der Waals surface area contributed by atoms with Crippen molar-refractivity contribution in [2.24, 2.45) is 5.41 Å². The summed E-state index contributed by atoms with van der Waals surface area (Å²) in [5.41, 5.74) is 0.616. The summed E-state index contributed by atoms with van der Waals surface area (Å²) in [7, 11) is 0. The van der Waals surface area contributed by atoms with Crippen LogP contribution in [0, 0.1) is 11.2 Å². The van der Waals surface area contributed by atoms with Gasteiger partial charge in [0.15, 0.2) is 0 Å². The zero-order valence-electron chi connectivity index (χ0n) is 8.63. The Kier molecular flexibility index (Phi) is 2.69. The van der Waals surface area contributed by atoms with Crippen LogP contribution < -0.4 is 0 Å². The number of pyridine rings is 1. The zero-order chi connectivity index (χ0) is 10.1. The molecule has 0 N–H and O–H groups in total. The van der Waals surface area contributed by atoms with Gasteiger partial charge in [0, 0.05) is 12.1 Å². The molecule has 0 aliphatic rings. The molecule has 0 spiro atoms. The molecule has 1 atom stereocenters. The lowest BCUT2D eigenvalue weighted by Crippen LogP contribution is -2.17. The molecule has 0 fully saturated rings. The minimum absolute atomic E-state index is 0.0508. The third-order valence-electron chi connectivity index (χ3n) is 2.50. The van der Waals surface area contributed by atoms with Crippen LogP contribution in [0.3, 0.4) is 0 Å². The van der Waals surface area contributed by atoms with E-state index in [2.05, 4.69) is 25.8 Å². The molecule has 0 saturated heterocycles. The minimum Gasteiger partial charge on any atom is -0.258 e. The number of rotatable bonds is 1. The number of aromatic nitrogens is 1. The second kappa shape index (κ2) is 3.44. The van der Waals surface area contributed by atoms with Crippen LogP contribution in [0.1, 0.15) is 39.3 Å². The van der Waals surface area contributed by atoms with Gasteiger partial charge in [-0.3, -0.25) is 4.98 Å². The lowest BCUT2D eigenvalue weighted by Gasteiger charge is -2.26. The first-order chi connectivity index (χ1) is 5.93. The molecule has 1 aromatic rings. The van der Waals surface area contributed by atoms with Crippen LogP contribution in [0.5, 0.6) is 0 Å². The quantitative estimate of drug-likeness (QED) is 0.647. The molecule has 2 heteroatoms. The van der Waals surface area contributed by atoms with Crippen LogP contribution in [0.2, 0.25) is 0 Å². The number of hydrogen-bond donors (Lipinski definition) is 0. The summed E-state index contributed by atoms with van der Waals surface area (Å²) in [6.45, 7) is 8.27. The predicted molar refractivity (Wildman–Crippen MR) is 52.1 cm³/mol. The molecular formula is C11H16FN. The van der Waals surface area contributed by atoms with E-state index in [1.54, 1.807) is 12.3 Å². The summed E-state index contributed by atoms with van der Waals surface area (Å²) < 4.78 is 13.3. The Morgan fingerprint density at radius 3 is 2.46 bits per heavy atom. The maximum Gasteiger partial charge on any atom is 0.144 e. The molecule has 0 radical (unpaired) electrons. The maximum absolute atomic E-state index is 13.3. The number of halogens is 1. The summed E-state index contributed by atoms with van der Waals surface area (Å²) in [4.78, 5) is 4.07. The molecule has 0 aromatic carbocycles. The molecule has 72 valence electrons. The Labute approximate surface area is 79.0 Å². The number of hydrogen-bond acceptors (Lipinski definition) is 1. The van der Waals surface area contributed by atoms with Crippen LogP contribution in [0.15, 0.2) is 18.3 Å². The fourth-order valence-corrected chi connectivity index (χ4v) is 1.13. The van der Waals surface area contributed by atoms with E-state index in [-0.39, 0.29) is 17.2 Å². The van der Waals surface area contributed by atoms with E-state index >= 15 is 0 Å². The van der Waals surface area contributed by atoms with Gasteiger partial charge in [0.25, 0.3) is 0 Å². The second-order valence-electron chi connectivity index (χ2n) is 4.46. The summed E-state index contributed by atoms with van der Waals surface area (Å²) >= 11 is 0. The third-order valence-corrected chi connectivity index (χ3v) is 2.50. The van der Waals surface area contributed by atoms with Crippen LogP contribution in [-0.2, 0) is 0 Å². The van der Waals surface area contributed by atoms with E-state index in [9.17, 15) is 4.39 Å². The molecular weight excluding hydrogens is 165 g/mol. The van der Waals surface area contributed by atoms with Crippen molar-refractivity contribution in [3.63, 3.8) is 0 Å². The molecule has 0 aliphatic carbocycles. The predicted octanol–water partition coefficient (Wildman–Crippen LogP) is 3.37. The van der Waals surface area contributed by atoms with Gasteiger partial charge in [0.2, 0.25) is 0 Å². The lowest BCUT2D eigenvalue weighted by molar-refractivity contribution is 0.325. The van der Waals surface area contributed by atoms with E-state index in [1.165, 1.54) is 6.07 Å². The highest BCUT2D eigenvalue weighted by atomic mass is 19.1. The zero-order valence-corrected chi connectivity index (χ0v) is 8.63. The van der Waals surface area contributed by atoms with E-state index in [0.29, 0.717) is 5.69 Å². The largest absolute Gasteiger partial charge is 0.258 e. The monoisotopic (exact) mass is 181 g/mol. The Hall–Kier alpha value is -0.920. The summed E-state index contributed by atoms with van der Waals surface area (Å²) in [5, 5.41) is 0.